The molecular weight excluding hydrogens is 382 g/mol. The molecular formula is C23H25N3O4. The van der Waals surface area contributed by atoms with Crippen LogP contribution in [0.5, 0.6) is 0 Å². The van der Waals surface area contributed by atoms with E-state index in [4.69, 9.17) is 9.47 Å². The maximum atomic E-state index is 13.1. The van der Waals surface area contributed by atoms with Crippen molar-refractivity contribution in [1.29, 1.82) is 0 Å². The van der Waals surface area contributed by atoms with Gasteiger partial charge >= 0.3 is 5.97 Å². The third kappa shape index (κ3) is 4.22. The number of hydrogen-bond donors (Lipinski definition) is 1. The molecule has 1 aliphatic rings. The summed E-state index contributed by atoms with van der Waals surface area (Å²) in [6.07, 6.45) is 1.89. The van der Waals surface area contributed by atoms with E-state index in [0.29, 0.717) is 16.8 Å². The van der Waals surface area contributed by atoms with Crippen LogP contribution in [0.3, 0.4) is 0 Å². The largest absolute Gasteiger partial charge is 0.465 e. The zero-order chi connectivity index (χ0) is 20.9. The van der Waals surface area contributed by atoms with E-state index in [1.165, 1.54) is 7.11 Å². The minimum atomic E-state index is -0.487. The molecule has 0 bridgehead atoms. The van der Waals surface area contributed by atoms with Crippen LogP contribution in [0.2, 0.25) is 0 Å². The third-order valence-electron chi connectivity index (χ3n) is 5.37. The van der Waals surface area contributed by atoms with Gasteiger partial charge in [0.25, 0.3) is 5.91 Å². The van der Waals surface area contributed by atoms with Crippen molar-refractivity contribution < 1.29 is 19.1 Å². The van der Waals surface area contributed by atoms with Crippen molar-refractivity contribution >= 4 is 28.5 Å². The summed E-state index contributed by atoms with van der Waals surface area (Å²) in [7, 11) is 1.32. The summed E-state index contributed by atoms with van der Waals surface area (Å²) in [4.78, 5) is 27.5. The molecule has 1 amide bonds. The Morgan fingerprint density at radius 3 is 2.53 bits per heavy atom. The molecule has 156 valence electrons. The summed E-state index contributed by atoms with van der Waals surface area (Å²) in [6.45, 7) is 5.06. The molecule has 1 aromatic heterocycles. The lowest BCUT2D eigenvalue weighted by atomic mass is 10.1. The number of carbonyl (C=O) groups excluding carboxylic acids is 2. The number of anilines is 1. The van der Waals surface area contributed by atoms with Crippen molar-refractivity contribution in [3.8, 4) is 0 Å². The highest BCUT2D eigenvalue weighted by Crippen LogP contribution is 2.24. The Labute approximate surface area is 175 Å². The quantitative estimate of drug-likeness (QED) is 0.636. The van der Waals surface area contributed by atoms with Crippen LogP contribution in [0, 0.1) is 0 Å². The maximum Gasteiger partial charge on any atom is 0.339 e. The van der Waals surface area contributed by atoms with Gasteiger partial charge in [0, 0.05) is 43.3 Å². The molecule has 30 heavy (non-hydrogen) atoms. The first-order valence-corrected chi connectivity index (χ1v) is 10.0. The number of nitrogens with one attached hydrogen (secondary N) is 1. The van der Waals surface area contributed by atoms with E-state index >= 15 is 0 Å². The van der Waals surface area contributed by atoms with Crippen LogP contribution in [0.25, 0.3) is 10.9 Å². The van der Waals surface area contributed by atoms with Crippen LogP contribution >= 0.6 is 0 Å². The molecule has 0 atom stereocenters. The van der Waals surface area contributed by atoms with Crippen LogP contribution in [-0.2, 0) is 16.0 Å². The second kappa shape index (κ2) is 9.11. The lowest BCUT2D eigenvalue weighted by Crippen LogP contribution is -2.38. The first-order valence-electron chi connectivity index (χ1n) is 10.0. The highest BCUT2D eigenvalue weighted by molar-refractivity contribution is 6.14. The van der Waals surface area contributed by atoms with Gasteiger partial charge in [0.2, 0.25) is 0 Å². The first-order chi connectivity index (χ1) is 14.7. The summed E-state index contributed by atoms with van der Waals surface area (Å²) in [5.74, 6) is -0.744. The fourth-order valence-corrected chi connectivity index (χ4v) is 3.76. The molecule has 0 aliphatic carbocycles. The maximum absolute atomic E-state index is 13.1. The predicted molar refractivity (Wildman–Crippen MR) is 115 cm³/mol. The predicted octanol–water partition coefficient (Wildman–Crippen LogP) is 3.01. The summed E-state index contributed by atoms with van der Waals surface area (Å²) < 4.78 is 12.4. The number of rotatable bonds is 6. The Morgan fingerprint density at radius 2 is 1.73 bits per heavy atom. The van der Waals surface area contributed by atoms with Crippen molar-refractivity contribution in [1.82, 2.24) is 9.47 Å². The summed E-state index contributed by atoms with van der Waals surface area (Å²) >= 11 is 0. The van der Waals surface area contributed by atoms with Crippen LogP contribution in [0.1, 0.15) is 20.7 Å². The zero-order valence-corrected chi connectivity index (χ0v) is 17.0. The second-order valence-electron chi connectivity index (χ2n) is 7.20. The molecule has 0 radical (unpaired) electrons. The molecule has 3 aromatic rings. The van der Waals surface area contributed by atoms with Gasteiger partial charge in [0.05, 0.1) is 37.1 Å². The average Bonchev–Trinajstić information content (AvgIpc) is 3.17. The number of methoxy groups -OCH3 is 1. The van der Waals surface area contributed by atoms with E-state index in [9.17, 15) is 9.59 Å². The number of ether oxygens (including phenoxy) is 2. The molecule has 0 spiro atoms. The van der Waals surface area contributed by atoms with E-state index in [1.54, 1.807) is 24.3 Å². The number of esters is 1. The first kappa shape index (κ1) is 20.1. The van der Waals surface area contributed by atoms with Crippen molar-refractivity contribution in [3.63, 3.8) is 0 Å². The molecule has 1 fully saturated rings. The second-order valence-corrected chi connectivity index (χ2v) is 7.20. The highest BCUT2D eigenvalue weighted by atomic mass is 16.5. The summed E-state index contributed by atoms with van der Waals surface area (Å²) in [5.41, 5.74) is 2.34. The number of amides is 1. The lowest BCUT2D eigenvalue weighted by Gasteiger charge is -2.26. The van der Waals surface area contributed by atoms with E-state index in [1.807, 2.05) is 30.5 Å². The fourth-order valence-electron chi connectivity index (χ4n) is 3.76. The molecule has 1 N–H and O–H groups in total. The molecule has 0 saturated carbocycles. The average molecular weight is 407 g/mol. The fraction of sp³-hybridized carbons (Fsp3) is 0.304. The Hall–Kier alpha value is -3.16. The van der Waals surface area contributed by atoms with Gasteiger partial charge in [-0.25, -0.2) is 4.79 Å². The molecule has 7 heteroatoms. The van der Waals surface area contributed by atoms with E-state index in [-0.39, 0.29) is 5.91 Å². The number of morpholine rings is 1. The Morgan fingerprint density at radius 1 is 1.00 bits per heavy atom. The van der Waals surface area contributed by atoms with Crippen LogP contribution in [-0.4, -0.2) is 61.3 Å². The SMILES string of the molecule is COC(=O)c1ccccc1NC(=O)c1cn(CCN2CCOCC2)c2ccccc12. The van der Waals surface area contributed by atoms with Gasteiger partial charge in [0.1, 0.15) is 0 Å². The van der Waals surface area contributed by atoms with Gasteiger partial charge in [-0.3, -0.25) is 9.69 Å². The van der Waals surface area contributed by atoms with Crippen LogP contribution in [0.4, 0.5) is 5.69 Å². The summed E-state index contributed by atoms with van der Waals surface area (Å²) in [5, 5.41) is 3.75. The number of para-hydroxylation sites is 2. The van der Waals surface area contributed by atoms with Crippen LogP contribution < -0.4 is 5.32 Å². The van der Waals surface area contributed by atoms with Crippen molar-refractivity contribution in [2.75, 3.05) is 45.3 Å². The molecule has 2 heterocycles. The zero-order valence-electron chi connectivity index (χ0n) is 17.0. The molecule has 1 saturated heterocycles. The van der Waals surface area contributed by atoms with E-state index in [2.05, 4.69) is 14.8 Å². The van der Waals surface area contributed by atoms with Gasteiger partial charge < -0.3 is 19.4 Å². The molecule has 4 rings (SSSR count). The molecule has 2 aromatic carbocycles. The molecule has 0 unspecified atom stereocenters. The van der Waals surface area contributed by atoms with E-state index < -0.39 is 5.97 Å². The Kier molecular flexibility index (Phi) is 6.11. The number of benzene rings is 2. The Bertz CT molecular complexity index is 1050. The third-order valence-corrected chi connectivity index (χ3v) is 5.37. The highest BCUT2D eigenvalue weighted by Gasteiger charge is 2.19. The number of nitrogens with zero attached hydrogens (tertiary/aromatic N) is 2. The van der Waals surface area contributed by atoms with Gasteiger partial charge in [-0.15, -0.1) is 0 Å². The van der Waals surface area contributed by atoms with Gasteiger partial charge in [-0.1, -0.05) is 30.3 Å². The summed E-state index contributed by atoms with van der Waals surface area (Å²) in [6, 6.07) is 14.7. The monoisotopic (exact) mass is 407 g/mol. The molecule has 1 aliphatic heterocycles. The van der Waals surface area contributed by atoms with Crippen molar-refractivity contribution in [3.05, 3.63) is 65.9 Å². The number of carbonyl (C=O) groups is 2. The van der Waals surface area contributed by atoms with Gasteiger partial charge in [-0.05, 0) is 18.2 Å². The smallest absolute Gasteiger partial charge is 0.339 e. The number of fused-ring (bicyclic) bond motifs is 1. The number of hydrogen-bond acceptors (Lipinski definition) is 5. The minimum Gasteiger partial charge on any atom is -0.465 e. The van der Waals surface area contributed by atoms with Gasteiger partial charge in [0.15, 0.2) is 0 Å². The topological polar surface area (TPSA) is 72.8 Å². The van der Waals surface area contributed by atoms with Gasteiger partial charge in [-0.2, -0.15) is 0 Å². The van der Waals surface area contributed by atoms with E-state index in [0.717, 1.165) is 50.3 Å². The van der Waals surface area contributed by atoms with Crippen LogP contribution in [0.15, 0.2) is 54.7 Å². The Balaban J connectivity index is 1.58. The minimum absolute atomic E-state index is 0.257. The standard InChI is InChI=1S/C23H25N3O4/c1-29-23(28)18-7-2-4-8-20(18)24-22(27)19-16-26(21-9-5-3-6-17(19)21)11-10-25-12-14-30-15-13-25/h2-9,16H,10-15H2,1H3,(H,24,27). The molecule has 7 nitrogen and oxygen atoms in total. The van der Waals surface area contributed by atoms with Crippen molar-refractivity contribution in [2.45, 2.75) is 6.54 Å². The number of aromatic nitrogens is 1. The van der Waals surface area contributed by atoms with Crippen molar-refractivity contribution in [2.24, 2.45) is 0 Å². The normalized spacial score (nSPS) is 14.6. The lowest BCUT2D eigenvalue weighted by molar-refractivity contribution is 0.0365.